The second-order valence-corrected chi connectivity index (χ2v) is 6.71. The van der Waals surface area contributed by atoms with Crippen molar-refractivity contribution in [1.82, 2.24) is 0 Å². The molecule has 0 unspecified atom stereocenters. The van der Waals surface area contributed by atoms with E-state index >= 15 is 0 Å². The molecule has 0 bridgehead atoms. The highest BCUT2D eigenvalue weighted by molar-refractivity contribution is 6.71. The third-order valence-electron chi connectivity index (χ3n) is 2.85. The Kier molecular flexibility index (Phi) is 2.87. The molecule has 1 aliphatic rings. The Bertz CT molecular complexity index is 350. The van der Waals surface area contributed by atoms with Crippen LogP contribution < -0.4 is 5.19 Å². The molecule has 0 atom stereocenters. The fourth-order valence-electron chi connectivity index (χ4n) is 2.11. The Morgan fingerprint density at radius 1 is 1.14 bits per heavy atom. The predicted octanol–water partition coefficient (Wildman–Crippen LogP) is 3.22. The van der Waals surface area contributed by atoms with Crippen molar-refractivity contribution in [2.24, 2.45) is 0 Å². The molecule has 0 aliphatic heterocycles. The molecule has 0 saturated carbocycles. The van der Waals surface area contributed by atoms with Crippen LogP contribution in [-0.2, 0) is 0 Å². The number of rotatable bonds is 2. The quantitative estimate of drug-likeness (QED) is 0.645. The molecular formula is C13H17Si. The number of allylic oxidation sites excluding steroid dienone is 2. The minimum absolute atomic E-state index is 0.319. The van der Waals surface area contributed by atoms with E-state index in [-0.39, 0.29) is 8.80 Å². The fourth-order valence-corrected chi connectivity index (χ4v) is 3.33. The van der Waals surface area contributed by atoms with Gasteiger partial charge in [-0.1, -0.05) is 48.6 Å². The van der Waals surface area contributed by atoms with Gasteiger partial charge in [0.2, 0.25) is 0 Å². The molecule has 14 heavy (non-hydrogen) atoms. The van der Waals surface area contributed by atoms with Crippen molar-refractivity contribution in [3.05, 3.63) is 35.9 Å². The standard InChI is InChI=1S/C13H17Si/c1-14(2)13-10-6-5-9-12(13)11-7-3-4-8-11/h5-7,9-10H,3-4,8H2,1-2H3. The Morgan fingerprint density at radius 3 is 2.57 bits per heavy atom. The van der Waals surface area contributed by atoms with Gasteiger partial charge in [0.05, 0.1) is 8.80 Å². The molecule has 0 nitrogen and oxygen atoms in total. The van der Waals surface area contributed by atoms with E-state index in [4.69, 9.17) is 0 Å². The van der Waals surface area contributed by atoms with Gasteiger partial charge in [-0.05, 0) is 30.4 Å². The third-order valence-corrected chi connectivity index (χ3v) is 4.37. The summed E-state index contributed by atoms with van der Waals surface area (Å²) >= 11 is 0. The van der Waals surface area contributed by atoms with Crippen LogP contribution in [0.5, 0.6) is 0 Å². The first-order valence-electron chi connectivity index (χ1n) is 5.38. The van der Waals surface area contributed by atoms with E-state index < -0.39 is 0 Å². The maximum absolute atomic E-state index is 2.42. The third kappa shape index (κ3) is 1.83. The van der Waals surface area contributed by atoms with Gasteiger partial charge in [-0.25, -0.2) is 0 Å². The molecule has 0 spiro atoms. The summed E-state index contributed by atoms with van der Waals surface area (Å²) in [4.78, 5) is 0. The van der Waals surface area contributed by atoms with E-state index in [1.807, 2.05) is 0 Å². The number of hydrogen-bond donors (Lipinski definition) is 0. The van der Waals surface area contributed by atoms with Gasteiger partial charge >= 0.3 is 0 Å². The minimum Gasteiger partial charge on any atom is -0.0807 e. The SMILES string of the molecule is C[Si](C)c1ccccc1C1=CCCC1. The average molecular weight is 201 g/mol. The van der Waals surface area contributed by atoms with Crippen molar-refractivity contribution in [3.63, 3.8) is 0 Å². The van der Waals surface area contributed by atoms with Gasteiger partial charge in [-0.3, -0.25) is 0 Å². The lowest BCUT2D eigenvalue weighted by atomic mass is 10.1. The first-order valence-corrected chi connectivity index (χ1v) is 7.88. The van der Waals surface area contributed by atoms with E-state index in [9.17, 15) is 0 Å². The van der Waals surface area contributed by atoms with Gasteiger partial charge in [-0.15, -0.1) is 0 Å². The minimum atomic E-state index is -0.319. The second-order valence-electron chi connectivity index (χ2n) is 4.17. The Hall–Kier alpha value is -0.823. The molecule has 0 fully saturated rings. The second kappa shape index (κ2) is 4.14. The Morgan fingerprint density at radius 2 is 1.93 bits per heavy atom. The largest absolute Gasteiger partial charge is 0.0807 e. The summed E-state index contributed by atoms with van der Waals surface area (Å²) in [7, 11) is -0.319. The van der Waals surface area contributed by atoms with Crippen molar-refractivity contribution in [1.29, 1.82) is 0 Å². The highest BCUT2D eigenvalue weighted by Crippen LogP contribution is 2.26. The predicted molar refractivity (Wildman–Crippen MR) is 65.4 cm³/mol. The zero-order valence-corrected chi connectivity index (χ0v) is 10.0. The van der Waals surface area contributed by atoms with E-state index in [0.29, 0.717) is 0 Å². The van der Waals surface area contributed by atoms with E-state index in [1.165, 1.54) is 24.8 Å². The molecule has 73 valence electrons. The van der Waals surface area contributed by atoms with Crippen LogP contribution in [0.3, 0.4) is 0 Å². The topological polar surface area (TPSA) is 0 Å². The summed E-state index contributed by atoms with van der Waals surface area (Å²) in [5, 5.41) is 1.60. The first kappa shape index (κ1) is 9.72. The van der Waals surface area contributed by atoms with Gasteiger partial charge in [0, 0.05) is 0 Å². The molecule has 1 heteroatoms. The molecule has 0 N–H and O–H groups in total. The Balaban J connectivity index is 2.41. The summed E-state index contributed by atoms with van der Waals surface area (Å²) < 4.78 is 0. The van der Waals surface area contributed by atoms with Crippen LogP contribution in [0.1, 0.15) is 24.8 Å². The molecule has 0 heterocycles. The lowest BCUT2D eigenvalue weighted by Gasteiger charge is -2.12. The van der Waals surface area contributed by atoms with Gasteiger partial charge in [0.15, 0.2) is 0 Å². The molecule has 1 radical (unpaired) electrons. The fraction of sp³-hybridized carbons (Fsp3) is 0.385. The van der Waals surface area contributed by atoms with Crippen LogP contribution in [0.15, 0.2) is 30.3 Å². The van der Waals surface area contributed by atoms with Crippen LogP contribution >= 0.6 is 0 Å². The van der Waals surface area contributed by atoms with E-state index in [0.717, 1.165) is 0 Å². The van der Waals surface area contributed by atoms with Crippen LogP contribution in [0.25, 0.3) is 5.57 Å². The van der Waals surface area contributed by atoms with Gasteiger partial charge in [0.25, 0.3) is 0 Å². The molecular weight excluding hydrogens is 184 g/mol. The van der Waals surface area contributed by atoms with Crippen molar-refractivity contribution >= 4 is 19.6 Å². The summed E-state index contributed by atoms with van der Waals surface area (Å²) in [6.45, 7) is 4.75. The van der Waals surface area contributed by atoms with Crippen LogP contribution in [0, 0.1) is 0 Å². The van der Waals surface area contributed by atoms with Crippen molar-refractivity contribution in [3.8, 4) is 0 Å². The summed E-state index contributed by atoms with van der Waals surface area (Å²) in [6, 6.07) is 8.95. The smallest absolute Gasteiger partial charge is 0.0799 e. The summed E-state index contributed by atoms with van der Waals surface area (Å²) in [6.07, 6.45) is 6.33. The lowest BCUT2D eigenvalue weighted by Crippen LogP contribution is -2.25. The lowest BCUT2D eigenvalue weighted by molar-refractivity contribution is 0.935. The molecule has 0 saturated heterocycles. The Labute approximate surface area is 88.3 Å². The number of benzene rings is 1. The first-order chi connectivity index (χ1) is 6.79. The van der Waals surface area contributed by atoms with Crippen LogP contribution in [0.2, 0.25) is 13.1 Å². The van der Waals surface area contributed by atoms with Crippen molar-refractivity contribution in [2.45, 2.75) is 32.4 Å². The van der Waals surface area contributed by atoms with E-state index in [2.05, 4.69) is 43.4 Å². The molecule has 1 aromatic carbocycles. The van der Waals surface area contributed by atoms with Crippen molar-refractivity contribution in [2.75, 3.05) is 0 Å². The monoisotopic (exact) mass is 201 g/mol. The maximum atomic E-state index is 2.42. The average Bonchev–Trinajstić information content (AvgIpc) is 2.70. The molecule has 0 aromatic heterocycles. The molecule has 0 amide bonds. The highest BCUT2D eigenvalue weighted by Gasteiger charge is 2.12. The summed E-state index contributed by atoms with van der Waals surface area (Å²) in [5.41, 5.74) is 3.12. The molecule has 1 aromatic rings. The van der Waals surface area contributed by atoms with E-state index in [1.54, 1.807) is 10.8 Å². The maximum Gasteiger partial charge on any atom is 0.0799 e. The van der Waals surface area contributed by atoms with Gasteiger partial charge in [0.1, 0.15) is 0 Å². The zero-order chi connectivity index (χ0) is 9.97. The molecule has 1 aliphatic carbocycles. The number of hydrogen-bond acceptors (Lipinski definition) is 0. The summed E-state index contributed by atoms with van der Waals surface area (Å²) in [5.74, 6) is 0. The van der Waals surface area contributed by atoms with Crippen molar-refractivity contribution < 1.29 is 0 Å². The zero-order valence-electron chi connectivity index (χ0n) is 9.01. The van der Waals surface area contributed by atoms with Crippen LogP contribution in [0.4, 0.5) is 0 Å². The van der Waals surface area contributed by atoms with Crippen LogP contribution in [-0.4, -0.2) is 8.80 Å². The highest BCUT2D eigenvalue weighted by atomic mass is 28.3. The van der Waals surface area contributed by atoms with Gasteiger partial charge < -0.3 is 0 Å². The van der Waals surface area contributed by atoms with Gasteiger partial charge in [-0.2, -0.15) is 0 Å². The normalized spacial score (nSPS) is 16.1. The molecule has 2 rings (SSSR count).